The van der Waals surface area contributed by atoms with Crippen molar-refractivity contribution < 1.29 is 37.7 Å². The Balaban J connectivity index is 0.000000331. The summed E-state index contributed by atoms with van der Waals surface area (Å²) in [5, 5.41) is 0. The summed E-state index contributed by atoms with van der Waals surface area (Å²) < 4.78 is 0. The third-order valence-electron chi connectivity index (χ3n) is 3.70. The van der Waals surface area contributed by atoms with Crippen molar-refractivity contribution in [2.24, 2.45) is 0 Å². The van der Waals surface area contributed by atoms with E-state index in [2.05, 4.69) is 34.6 Å². The van der Waals surface area contributed by atoms with Gasteiger partial charge in [-0.25, -0.2) is 0 Å². The molecule has 0 N–H and O–H groups in total. The van der Waals surface area contributed by atoms with Gasteiger partial charge in [-0.1, -0.05) is 83.2 Å². The molecule has 1 aliphatic carbocycles. The monoisotopic (exact) mass is 404 g/mol. The van der Waals surface area contributed by atoms with Gasteiger partial charge in [-0.3, -0.25) is 0 Å². The fraction of sp³-hybridized carbons (Fsp3) is 0.278. The SMILES string of the molecule is C1=C\C=C/C=C\C=C/1.Cc1c(C)c(C)[c-](C)c1C.[Ho]. The summed E-state index contributed by atoms with van der Waals surface area (Å²) in [5.74, 6) is 0. The van der Waals surface area contributed by atoms with Crippen LogP contribution in [0.3, 0.4) is 0 Å². The molecule has 0 amide bonds. The van der Waals surface area contributed by atoms with E-state index in [1.807, 2.05) is 48.6 Å². The minimum absolute atomic E-state index is 0. The van der Waals surface area contributed by atoms with Crippen LogP contribution >= 0.6 is 0 Å². The van der Waals surface area contributed by atoms with Crippen molar-refractivity contribution in [2.75, 3.05) is 0 Å². The third kappa shape index (κ3) is 5.60. The molecule has 0 heterocycles. The summed E-state index contributed by atoms with van der Waals surface area (Å²) in [6, 6.07) is 0. The van der Waals surface area contributed by atoms with E-state index in [-0.39, 0.29) is 37.7 Å². The summed E-state index contributed by atoms with van der Waals surface area (Å²) >= 11 is 0. The molecule has 19 heavy (non-hydrogen) atoms. The molecule has 107 valence electrons. The van der Waals surface area contributed by atoms with Crippen LogP contribution in [0.25, 0.3) is 0 Å². The largest absolute Gasteiger partial charge is 0.196 e. The Hall–Kier alpha value is -0.430. The zero-order valence-electron chi connectivity index (χ0n) is 12.4. The van der Waals surface area contributed by atoms with E-state index in [1.54, 1.807) is 0 Å². The van der Waals surface area contributed by atoms with Gasteiger partial charge in [-0.05, 0) is 0 Å². The van der Waals surface area contributed by atoms with Crippen LogP contribution in [0.1, 0.15) is 27.8 Å². The van der Waals surface area contributed by atoms with E-state index >= 15 is 0 Å². The van der Waals surface area contributed by atoms with Crippen LogP contribution in [-0.2, 0) is 0 Å². The van der Waals surface area contributed by atoms with Crippen LogP contribution in [0.5, 0.6) is 0 Å². The topological polar surface area (TPSA) is 0 Å². The summed E-state index contributed by atoms with van der Waals surface area (Å²) in [6.45, 7) is 11.0. The minimum Gasteiger partial charge on any atom is -0.196 e. The van der Waals surface area contributed by atoms with E-state index in [9.17, 15) is 0 Å². The Morgan fingerprint density at radius 2 is 0.789 bits per heavy atom. The van der Waals surface area contributed by atoms with Gasteiger partial charge in [0.05, 0.1) is 0 Å². The van der Waals surface area contributed by atoms with Gasteiger partial charge in [-0.2, -0.15) is 27.8 Å². The second kappa shape index (κ2) is 9.47. The number of hydrogen-bond donors (Lipinski definition) is 0. The van der Waals surface area contributed by atoms with Gasteiger partial charge in [0.25, 0.3) is 0 Å². The molecule has 1 radical (unpaired) electrons. The molecule has 0 saturated heterocycles. The summed E-state index contributed by atoms with van der Waals surface area (Å²) in [5.41, 5.74) is 7.34. The van der Waals surface area contributed by atoms with Crippen LogP contribution in [0, 0.1) is 72.4 Å². The van der Waals surface area contributed by atoms with Crippen LogP contribution in [0.15, 0.2) is 48.6 Å². The first-order valence-electron chi connectivity index (χ1n) is 6.42. The summed E-state index contributed by atoms with van der Waals surface area (Å²) in [6.07, 6.45) is 16.0. The molecule has 0 saturated carbocycles. The zero-order valence-corrected chi connectivity index (χ0v) is 14.4. The molecule has 0 unspecified atom stereocenters. The first kappa shape index (κ1) is 18.6. The van der Waals surface area contributed by atoms with Gasteiger partial charge in [0.15, 0.2) is 0 Å². The Morgan fingerprint density at radius 1 is 0.579 bits per heavy atom. The Morgan fingerprint density at radius 3 is 0.895 bits per heavy atom. The van der Waals surface area contributed by atoms with Crippen LogP contribution in [0.4, 0.5) is 0 Å². The zero-order chi connectivity index (χ0) is 13.5. The van der Waals surface area contributed by atoms with Crippen molar-refractivity contribution >= 4 is 0 Å². The van der Waals surface area contributed by atoms with Crippen molar-refractivity contribution in [1.82, 2.24) is 0 Å². The normalized spacial score (nSPS) is 19.0. The third-order valence-corrected chi connectivity index (χ3v) is 3.70. The molecule has 0 nitrogen and oxygen atoms in total. The van der Waals surface area contributed by atoms with Gasteiger partial charge >= 0.3 is 0 Å². The van der Waals surface area contributed by atoms with Crippen LogP contribution in [-0.4, -0.2) is 0 Å². The molecule has 0 spiro atoms. The van der Waals surface area contributed by atoms with Gasteiger partial charge in [0, 0.05) is 37.7 Å². The predicted molar refractivity (Wildman–Crippen MR) is 82.3 cm³/mol. The molecule has 0 fully saturated rings. The molecule has 1 aliphatic rings. The Labute approximate surface area is 148 Å². The molecule has 0 aromatic heterocycles. The molecule has 0 bridgehead atoms. The predicted octanol–water partition coefficient (Wildman–Crippen LogP) is 5.17. The fourth-order valence-electron chi connectivity index (χ4n) is 1.92. The van der Waals surface area contributed by atoms with E-state index in [1.165, 1.54) is 27.8 Å². The number of rotatable bonds is 0. The van der Waals surface area contributed by atoms with Crippen molar-refractivity contribution in [2.45, 2.75) is 34.6 Å². The quantitative estimate of drug-likeness (QED) is 0.413. The molecule has 0 atom stereocenters. The minimum atomic E-state index is 0. The summed E-state index contributed by atoms with van der Waals surface area (Å²) in [7, 11) is 0. The van der Waals surface area contributed by atoms with Crippen LogP contribution < -0.4 is 0 Å². The number of allylic oxidation sites excluding steroid dienone is 8. The molecule has 1 heteroatoms. The van der Waals surface area contributed by atoms with Crippen molar-refractivity contribution in [1.29, 1.82) is 0 Å². The smallest absolute Gasteiger partial charge is 0 e. The van der Waals surface area contributed by atoms with Crippen molar-refractivity contribution in [3.05, 3.63) is 76.4 Å². The molecule has 0 aliphatic heterocycles. The molecule has 1 aromatic rings. The van der Waals surface area contributed by atoms with Crippen LogP contribution in [0.2, 0.25) is 0 Å². The Kier molecular flexibility index (Phi) is 9.26. The van der Waals surface area contributed by atoms with Crippen molar-refractivity contribution in [3.8, 4) is 0 Å². The molecule has 1 aromatic carbocycles. The molecule has 2 rings (SSSR count). The van der Waals surface area contributed by atoms with E-state index in [0.717, 1.165) is 0 Å². The first-order valence-corrected chi connectivity index (χ1v) is 6.42. The average molecular weight is 404 g/mol. The average Bonchev–Trinajstić information content (AvgIpc) is 2.48. The van der Waals surface area contributed by atoms with Gasteiger partial charge in [-0.15, -0.1) is 0 Å². The second-order valence-electron chi connectivity index (χ2n) is 4.66. The fourth-order valence-corrected chi connectivity index (χ4v) is 1.92. The van der Waals surface area contributed by atoms with Gasteiger partial charge in [0.2, 0.25) is 0 Å². The van der Waals surface area contributed by atoms with E-state index in [4.69, 9.17) is 0 Å². The van der Waals surface area contributed by atoms with E-state index < -0.39 is 0 Å². The maximum atomic E-state index is 2.20. The molecular weight excluding hydrogens is 381 g/mol. The van der Waals surface area contributed by atoms with Gasteiger partial charge in [0.1, 0.15) is 0 Å². The second-order valence-corrected chi connectivity index (χ2v) is 4.66. The molecular formula is C18H23Ho-. The maximum Gasteiger partial charge on any atom is 0 e. The number of hydrogen-bond acceptors (Lipinski definition) is 0. The first-order chi connectivity index (χ1) is 8.55. The standard InChI is InChI=1S/C10H15.C8H8.Ho/c1-6-7(2)9(4)10(5)8(6)3;1-2-4-6-8-7-5-3-1;/h1-5H3;1-8H;/q-1;;/b;2-1-,3-1?,4-2?,5-3-,6-4-,7-5?,8-6?,8-7-;. The summed E-state index contributed by atoms with van der Waals surface area (Å²) in [4.78, 5) is 0. The van der Waals surface area contributed by atoms with Gasteiger partial charge < -0.3 is 0 Å². The maximum absolute atomic E-state index is 2.20. The Bertz CT molecular complexity index is 372. The van der Waals surface area contributed by atoms with Crippen molar-refractivity contribution in [3.63, 3.8) is 0 Å². The van der Waals surface area contributed by atoms with E-state index in [0.29, 0.717) is 0 Å².